The molecule has 0 N–H and O–H groups in total. The van der Waals surface area contributed by atoms with E-state index < -0.39 is 0 Å². The Labute approximate surface area is 121 Å². The van der Waals surface area contributed by atoms with E-state index >= 15 is 0 Å². The summed E-state index contributed by atoms with van der Waals surface area (Å²) in [6.07, 6.45) is 5.27. The van der Waals surface area contributed by atoms with Crippen molar-refractivity contribution in [2.75, 3.05) is 6.54 Å². The van der Waals surface area contributed by atoms with E-state index in [-0.39, 0.29) is 10.6 Å². The van der Waals surface area contributed by atoms with Crippen LogP contribution in [-0.2, 0) is 6.54 Å². The van der Waals surface area contributed by atoms with Gasteiger partial charge in [-0.2, -0.15) is 0 Å². The number of halogens is 1. The highest BCUT2D eigenvalue weighted by Crippen LogP contribution is 2.36. The van der Waals surface area contributed by atoms with Crippen LogP contribution in [0, 0.1) is 16.0 Å². The first-order valence-corrected chi connectivity index (χ1v) is 7.59. The van der Waals surface area contributed by atoms with Gasteiger partial charge in [0.05, 0.1) is 9.40 Å². The maximum absolute atomic E-state index is 11.0. The van der Waals surface area contributed by atoms with Crippen LogP contribution >= 0.6 is 15.9 Å². The summed E-state index contributed by atoms with van der Waals surface area (Å²) in [6, 6.07) is 6.18. The highest BCUT2D eigenvalue weighted by atomic mass is 79.9. The topological polar surface area (TPSA) is 46.4 Å². The van der Waals surface area contributed by atoms with Gasteiger partial charge >= 0.3 is 0 Å². The first-order chi connectivity index (χ1) is 9.13. The van der Waals surface area contributed by atoms with E-state index in [1.165, 1.54) is 25.7 Å². The lowest BCUT2D eigenvalue weighted by atomic mass is 10.2. The molecule has 2 saturated carbocycles. The molecule has 0 aromatic heterocycles. The van der Waals surface area contributed by atoms with E-state index in [1.807, 2.05) is 6.07 Å². The summed E-state index contributed by atoms with van der Waals surface area (Å²) >= 11 is 3.23. The van der Waals surface area contributed by atoms with Crippen molar-refractivity contribution < 1.29 is 4.92 Å². The van der Waals surface area contributed by atoms with Crippen molar-refractivity contribution in [3.05, 3.63) is 38.3 Å². The van der Waals surface area contributed by atoms with Crippen molar-refractivity contribution in [2.45, 2.75) is 38.3 Å². The third kappa shape index (κ3) is 3.34. The quantitative estimate of drug-likeness (QED) is 0.591. The number of nitrogens with zero attached hydrogens (tertiary/aromatic N) is 2. The van der Waals surface area contributed by atoms with Gasteiger partial charge in [-0.15, -0.1) is 0 Å². The summed E-state index contributed by atoms with van der Waals surface area (Å²) in [4.78, 5) is 13.1. The molecule has 0 spiro atoms. The second-order valence-corrected chi connectivity index (χ2v) is 6.50. The fourth-order valence-electron chi connectivity index (χ4n) is 2.45. The minimum absolute atomic E-state index is 0.166. The Morgan fingerprint density at radius 3 is 2.63 bits per heavy atom. The van der Waals surface area contributed by atoms with Crippen molar-refractivity contribution in [3.63, 3.8) is 0 Å². The summed E-state index contributed by atoms with van der Waals surface area (Å²) in [6.45, 7) is 2.00. The largest absolute Gasteiger partial charge is 0.296 e. The highest BCUT2D eigenvalue weighted by molar-refractivity contribution is 9.10. The van der Waals surface area contributed by atoms with Crippen LogP contribution in [0.4, 0.5) is 5.69 Å². The van der Waals surface area contributed by atoms with Crippen molar-refractivity contribution >= 4 is 21.6 Å². The Bertz CT molecular complexity index is 498. The standard InChI is InChI=1S/C14H17BrN2O2/c15-13-6-3-11(7-14(13)17(18)19)9-16(12-4-5-12)8-10-1-2-10/h3,6-7,10,12H,1-2,4-5,8-9H2. The SMILES string of the molecule is O=[N+]([O-])c1cc(CN(CC2CC2)C2CC2)ccc1Br. The molecule has 19 heavy (non-hydrogen) atoms. The van der Waals surface area contributed by atoms with Gasteiger partial charge in [0.2, 0.25) is 0 Å². The van der Waals surface area contributed by atoms with Crippen LogP contribution in [0.5, 0.6) is 0 Å². The molecule has 2 aliphatic rings. The second kappa shape index (κ2) is 5.21. The zero-order chi connectivity index (χ0) is 13.4. The molecule has 2 fully saturated rings. The Hall–Kier alpha value is -0.940. The van der Waals surface area contributed by atoms with Crippen LogP contribution in [0.2, 0.25) is 0 Å². The minimum Gasteiger partial charge on any atom is -0.296 e. The molecular formula is C14H17BrN2O2. The molecule has 0 bridgehead atoms. The Balaban J connectivity index is 1.73. The van der Waals surface area contributed by atoms with Gasteiger partial charge < -0.3 is 0 Å². The van der Waals surface area contributed by atoms with E-state index in [0.717, 1.165) is 24.6 Å². The lowest BCUT2D eigenvalue weighted by Gasteiger charge is -2.21. The zero-order valence-corrected chi connectivity index (χ0v) is 12.3. The number of rotatable bonds is 6. The molecule has 0 saturated heterocycles. The average Bonchev–Trinajstić information content (AvgIpc) is 3.24. The van der Waals surface area contributed by atoms with Crippen molar-refractivity contribution in [3.8, 4) is 0 Å². The lowest BCUT2D eigenvalue weighted by Crippen LogP contribution is -2.27. The first-order valence-electron chi connectivity index (χ1n) is 6.80. The van der Waals surface area contributed by atoms with Crippen molar-refractivity contribution in [1.29, 1.82) is 0 Å². The molecule has 0 aliphatic heterocycles. The Morgan fingerprint density at radius 2 is 2.05 bits per heavy atom. The minimum atomic E-state index is -0.323. The zero-order valence-electron chi connectivity index (χ0n) is 10.7. The number of hydrogen-bond donors (Lipinski definition) is 0. The third-order valence-corrected chi connectivity index (χ3v) is 4.52. The fraction of sp³-hybridized carbons (Fsp3) is 0.571. The molecule has 1 aromatic carbocycles. The van der Waals surface area contributed by atoms with Crippen LogP contribution in [-0.4, -0.2) is 22.4 Å². The van der Waals surface area contributed by atoms with Gasteiger partial charge in [0, 0.05) is 25.2 Å². The van der Waals surface area contributed by atoms with Gasteiger partial charge in [0.25, 0.3) is 5.69 Å². The molecule has 1 aromatic rings. The smallest absolute Gasteiger partial charge is 0.283 e. The van der Waals surface area contributed by atoms with Crippen molar-refractivity contribution in [1.82, 2.24) is 4.90 Å². The summed E-state index contributed by atoms with van der Waals surface area (Å²) in [5.74, 6) is 0.867. The highest BCUT2D eigenvalue weighted by Gasteiger charge is 2.33. The van der Waals surface area contributed by atoms with E-state index in [0.29, 0.717) is 10.5 Å². The van der Waals surface area contributed by atoms with Crippen LogP contribution in [0.15, 0.2) is 22.7 Å². The molecule has 3 rings (SSSR count). The molecule has 5 heteroatoms. The number of nitro benzene ring substituents is 1. The van der Waals surface area contributed by atoms with Crippen LogP contribution in [0.25, 0.3) is 0 Å². The van der Waals surface area contributed by atoms with E-state index in [2.05, 4.69) is 20.8 Å². The average molecular weight is 325 g/mol. The number of benzene rings is 1. The maximum Gasteiger partial charge on any atom is 0.283 e. The molecule has 102 valence electrons. The fourth-order valence-corrected chi connectivity index (χ4v) is 2.84. The van der Waals surface area contributed by atoms with Gasteiger partial charge in [-0.1, -0.05) is 6.07 Å². The lowest BCUT2D eigenvalue weighted by molar-refractivity contribution is -0.385. The Morgan fingerprint density at radius 1 is 1.32 bits per heavy atom. The normalized spacial score (nSPS) is 18.8. The van der Waals surface area contributed by atoms with Crippen LogP contribution in [0.1, 0.15) is 31.2 Å². The van der Waals surface area contributed by atoms with Crippen molar-refractivity contribution in [2.24, 2.45) is 5.92 Å². The molecule has 0 radical (unpaired) electrons. The third-order valence-electron chi connectivity index (χ3n) is 3.85. The molecule has 4 nitrogen and oxygen atoms in total. The summed E-state index contributed by atoms with van der Waals surface area (Å²) in [5, 5.41) is 11.0. The van der Waals surface area contributed by atoms with Gasteiger partial charge in [-0.05, 0) is 59.2 Å². The summed E-state index contributed by atoms with van der Waals surface area (Å²) < 4.78 is 0.557. The van der Waals surface area contributed by atoms with Crippen LogP contribution in [0.3, 0.4) is 0 Å². The van der Waals surface area contributed by atoms with E-state index in [9.17, 15) is 10.1 Å². The van der Waals surface area contributed by atoms with Gasteiger partial charge in [0.1, 0.15) is 0 Å². The number of nitro groups is 1. The second-order valence-electron chi connectivity index (χ2n) is 5.65. The molecule has 0 amide bonds. The first kappa shape index (κ1) is 13.1. The monoisotopic (exact) mass is 324 g/mol. The maximum atomic E-state index is 11.0. The molecule has 0 heterocycles. The molecule has 0 atom stereocenters. The predicted molar refractivity (Wildman–Crippen MR) is 77.0 cm³/mol. The predicted octanol–water partition coefficient (Wildman–Crippen LogP) is 3.73. The molecule has 0 unspecified atom stereocenters. The molecule has 2 aliphatic carbocycles. The number of hydrogen-bond acceptors (Lipinski definition) is 3. The summed E-state index contributed by atoms with van der Waals surface area (Å²) in [5.41, 5.74) is 1.21. The van der Waals surface area contributed by atoms with Gasteiger partial charge in [-0.25, -0.2) is 0 Å². The molecular weight excluding hydrogens is 308 g/mol. The van der Waals surface area contributed by atoms with E-state index in [4.69, 9.17) is 0 Å². The summed E-state index contributed by atoms with van der Waals surface area (Å²) in [7, 11) is 0. The van der Waals surface area contributed by atoms with Gasteiger partial charge in [0.15, 0.2) is 0 Å². The van der Waals surface area contributed by atoms with E-state index in [1.54, 1.807) is 12.1 Å². The van der Waals surface area contributed by atoms with Crippen LogP contribution < -0.4 is 0 Å². The Kier molecular flexibility index (Phi) is 3.58. The van der Waals surface area contributed by atoms with Gasteiger partial charge in [-0.3, -0.25) is 15.0 Å².